The van der Waals surface area contributed by atoms with Gasteiger partial charge in [-0.05, 0) is 98.1 Å². The van der Waals surface area contributed by atoms with Crippen LogP contribution in [0.25, 0.3) is 78.4 Å². The van der Waals surface area contributed by atoms with Gasteiger partial charge in [-0.2, -0.15) is 5.26 Å². The summed E-state index contributed by atoms with van der Waals surface area (Å²) in [7, 11) is 0. The lowest BCUT2D eigenvalue weighted by atomic mass is 9.79. The van der Waals surface area contributed by atoms with E-state index in [0.29, 0.717) is 5.82 Å². The topological polar surface area (TPSA) is 62.5 Å². The molecule has 0 spiro atoms. The van der Waals surface area contributed by atoms with E-state index in [4.69, 9.17) is 9.97 Å². The van der Waals surface area contributed by atoms with Crippen LogP contribution in [0.2, 0.25) is 0 Å². The summed E-state index contributed by atoms with van der Waals surface area (Å²) in [5.41, 5.74) is 16.4. The van der Waals surface area contributed by atoms with Gasteiger partial charge < -0.3 is 0 Å². The van der Waals surface area contributed by atoms with Crippen LogP contribution >= 0.6 is 0 Å². The molecule has 6 aromatic carbocycles. The summed E-state index contributed by atoms with van der Waals surface area (Å²) in [6.45, 7) is 4.45. The summed E-state index contributed by atoms with van der Waals surface area (Å²) in [5, 5.41) is 10.0. The van der Waals surface area contributed by atoms with Crippen molar-refractivity contribution >= 4 is 0 Å². The van der Waals surface area contributed by atoms with Crippen molar-refractivity contribution in [3.63, 3.8) is 0 Å². The van der Waals surface area contributed by atoms with Gasteiger partial charge in [0, 0.05) is 34.5 Å². The number of nitriles is 1. The second-order valence-corrected chi connectivity index (χ2v) is 14.0. The molecule has 8 aromatic rings. The Balaban J connectivity index is 1.23. The van der Waals surface area contributed by atoms with Crippen LogP contribution < -0.4 is 0 Å². The van der Waals surface area contributed by atoms with Crippen LogP contribution in [0, 0.1) is 11.3 Å². The first-order chi connectivity index (χ1) is 26.0. The Labute approximate surface area is 309 Å². The summed E-state index contributed by atoms with van der Waals surface area (Å²) < 4.78 is 0. The molecule has 0 N–H and O–H groups in total. The van der Waals surface area contributed by atoms with Crippen LogP contribution in [0.1, 0.15) is 30.5 Å². The van der Waals surface area contributed by atoms with Crippen molar-refractivity contribution in [2.45, 2.75) is 19.3 Å². The minimum Gasteiger partial charge on any atom is -0.264 e. The summed E-state index contributed by atoms with van der Waals surface area (Å²) in [5.74, 6) is 0.681. The molecule has 0 saturated carbocycles. The molecule has 2 heterocycles. The van der Waals surface area contributed by atoms with Crippen LogP contribution in [-0.4, -0.2) is 15.0 Å². The Morgan fingerprint density at radius 3 is 1.75 bits per heavy atom. The highest BCUT2D eigenvalue weighted by atomic mass is 14.9. The van der Waals surface area contributed by atoms with E-state index in [-0.39, 0.29) is 5.41 Å². The minimum atomic E-state index is -0.322. The van der Waals surface area contributed by atoms with E-state index < -0.39 is 0 Å². The first kappa shape index (κ1) is 32.0. The molecule has 2 aromatic heterocycles. The van der Waals surface area contributed by atoms with Gasteiger partial charge in [0.2, 0.25) is 0 Å². The lowest BCUT2D eigenvalue weighted by Gasteiger charge is -2.23. The summed E-state index contributed by atoms with van der Waals surface area (Å²) in [6, 6.07) is 57.3. The monoisotopic (exact) mass is 678 g/mol. The predicted octanol–water partition coefficient (Wildman–Crippen LogP) is 12.1. The molecule has 0 saturated heterocycles. The molecule has 9 rings (SSSR count). The molecule has 0 atom stereocenters. The molecule has 250 valence electrons. The maximum absolute atomic E-state index is 10.0. The van der Waals surface area contributed by atoms with E-state index in [2.05, 4.69) is 128 Å². The Kier molecular flexibility index (Phi) is 7.83. The van der Waals surface area contributed by atoms with Crippen molar-refractivity contribution in [2.75, 3.05) is 0 Å². The van der Waals surface area contributed by atoms with Crippen molar-refractivity contribution in [1.29, 1.82) is 5.26 Å². The molecule has 1 aliphatic carbocycles. The van der Waals surface area contributed by atoms with Crippen molar-refractivity contribution < 1.29 is 0 Å². The fourth-order valence-corrected chi connectivity index (χ4v) is 7.72. The molecule has 53 heavy (non-hydrogen) atoms. The Morgan fingerprint density at radius 2 is 1.08 bits per heavy atom. The van der Waals surface area contributed by atoms with E-state index in [0.717, 1.165) is 78.1 Å². The van der Waals surface area contributed by atoms with E-state index in [1.165, 1.54) is 11.1 Å². The number of rotatable bonds is 6. The molecule has 0 aliphatic heterocycles. The second kappa shape index (κ2) is 13.0. The molecule has 0 radical (unpaired) electrons. The maximum Gasteiger partial charge on any atom is 0.160 e. The molecular formula is C49H34N4. The van der Waals surface area contributed by atoms with Gasteiger partial charge in [0.25, 0.3) is 0 Å². The molecule has 0 amide bonds. The summed E-state index contributed by atoms with van der Waals surface area (Å²) in [4.78, 5) is 14.6. The maximum atomic E-state index is 10.0. The molecule has 4 nitrogen and oxygen atoms in total. The Bertz CT molecular complexity index is 2620. The zero-order valence-electron chi connectivity index (χ0n) is 29.5. The summed E-state index contributed by atoms with van der Waals surface area (Å²) in [6.07, 6.45) is 3.69. The van der Waals surface area contributed by atoms with Gasteiger partial charge in [0.05, 0.1) is 23.0 Å². The van der Waals surface area contributed by atoms with Crippen molar-refractivity contribution in [1.82, 2.24) is 15.0 Å². The number of nitrogens with zero attached hydrogens (tertiary/aromatic N) is 4. The minimum absolute atomic E-state index is 0.322. The average Bonchev–Trinajstić information content (AvgIpc) is 3.47. The van der Waals surface area contributed by atoms with Gasteiger partial charge in [0.1, 0.15) is 0 Å². The van der Waals surface area contributed by atoms with Crippen molar-refractivity contribution in [2.24, 2.45) is 0 Å². The molecule has 0 bridgehead atoms. The van der Waals surface area contributed by atoms with Gasteiger partial charge >= 0.3 is 0 Å². The van der Waals surface area contributed by atoms with Crippen LogP contribution in [0.15, 0.2) is 170 Å². The number of pyridine rings is 1. The molecule has 0 unspecified atom stereocenters. The van der Waals surface area contributed by atoms with Gasteiger partial charge in [-0.25, -0.2) is 9.97 Å². The molecule has 0 fully saturated rings. The first-order valence-corrected chi connectivity index (χ1v) is 17.8. The fourth-order valence-electron chi connectivity index (χ4n) is 7.72. The number of hydrogen-bond donors (Lipinski definition) is 0. The zero-order valence-corrected chi connectivity index (χ0v) is 29.5. The smallest absolute Gasteiger partial charge is 0.160 e. The van der Waals surface area contributed by atoms with Crippen LogP contribution in [0.5, 0.6) is 0 Å². The van der Waals surface area contributed by atoms with Gasteiger partial charge in [-0.15, -0.1) is 0 Å². The predicted molar refractivity (Wildman–Crippen MR) is 215 cm³/mol. The quantitative estimate of drug-likeness (QED) is 0.176. The van der Waals surface area contributed by atoms with Crippen LogP contribution in [0.3, 0.4) is 0 Å². The van der Waals surface area contributed by atoms with Gasteiger partial charge in [0.15, 0.2) is 5.82 Å². The van der Waals surface area contributed by atoms with Gasteiger partial charge in [-0.1, -0.05) is 129 Å². The molecular weight excluding hydrogens is 645 g/mol. The highest BCUT2D eigenvalue weighted by Crippen LogP contribution is 2.51. The van der Waals surface area contributed by atoms with Crippen LogP contribution in [-0.2, 0) is 5.41 Å². The SMILES string of the molecule is CC1(C)c2cc(-c3cc(-c4ccc(-c5cccnc5)cc4)cc(-c4cc(-c5ccccc5)nc(-c5ccccc5)n4)c3)ccc2-c2cccc(C#N)c21. The van der Waals surface area contributed by atoms with Crippen molar-refractivity contribution in [3.05, 3.63) is 187 Å². The lowest BCUT2D eigenvalue weighted by molar-refractivity contribution is 0.658. The first-order valence-electron chi connectivity index (χ1n) is 17.8. The average molecular weight is 679 g/mol. The third-order valence-corrected chi connectivity index (χ3v) is 10.4. The zero-order chi connectivity index (χ0) is 35.9. The highest BCUT2D eigenvalue weighted by Gasteiger charge is 2.37. The number of aromatic nitrogens is 3. The van der Waals surface area contributed by atoms with Crippen molar-refractivity contribution in [3.8, 4) is 84.5 Å². The highest BCUT2D eigenvalue weighted by molar-refractivity contribution is 5.88. The summed E-state index contributed by atoms with van der Waals surface area (Å²) >= 11 is 0. The number of fused-ring (bicyclic) bond motifs is 3. The molecule has 4 heteroatoms. The van der Waals surface area contributed by atoms with E-state index in [1.54, 1.807) is 6.20 Å². The fraction of sp³-hybridized carbons (Fsp3) is 0.0612. The Hall–Kier alpha value is -6.96. The standard InChI is InChI=1S/C49H34N4/c1-49(2)44-28-36(22-23-42(44)43-17-9-15-37(30-50)47(43)49)40-25-39(33-20-18-32(19-21-33)38-16-10-24-51-31-38)26-41(27-40)46-29-45(34-11-5-3-6-12-34)52-48(53-46)35-13-7-4-8-14-35/h3-29,31H,1-2H3. The number of benzene rings is 6. The number of hydrogen-bond acceptors (Lipinski definition) is 4. The molecule has 1 aliphatic rings. The Morgan fingerprint density at radius 1 is 0.472 bits per heavy atom. The third-order valence-electron chi connectivity index (χ3n) is 10.4. The van der Waals surface area contributed by atoms with E-state index >= 15 is 0 Å². The third kappa shape index (κ3) is 5.79. The van der Waals surface area contributed by atoms with Gasteiger partial charge in [-0.3, -0.25) is 4.98 Å². The van der Waals surface area contributed by atoms with E-state index in [9.17, 15) is 5.26 Å². The lowest BCUT2D eigenvalue weighted by Crippen LogP contribution is -2.16. The second-order valence-electron chi connectivity index (χ2n) is 14.0. The largest absolute Gasteiger partial charge is 0.264 e. The van der Waals surface area contributed by atoms with E-state index in [1.807, 2.05) is 60.8 Å². The normalized spacial score (nSPS) is 12.5. The van der Waals surface area contributed by atoms with Crippen LogP contribution in [0.4, 0.5) is 0 Å².